The van der Waals surface area contributed by atoms with Crippen LogP contribution in [0.3, 0.4) is 0 Å². The van der Waals surface area contributed by atoms with Gasteiger partial charge < -0.3 is 15.1 Å². The normalized spacial score (nSPS) is 23.1. The van der Waals surface area contributed by atoms with E-state index in [9.17, 15) is 14.7 Å². The van der Waals surface area contributed by atoms with Crippen molar-refractivity contribution in [1.29, 1.82) is 0 Å². The number of hydrogen-bond donors (Lipinski definition) is 2. The summed E-state index contributed by atoms with van der Waals surface area (Å²) in [6.45, 7) is 0.172. The van der Waals surface area contributed by atoms with E-state index < -0.39 is 17.5 Å². The molecule has 2 heterocycles. The third kappa shape index (κ3) is 2.46. The van der Waals surface area contributed by atoms with Gasteiger partial charge in [0.05, 0.1) is 11.9 Å². The van der Waals surface area contributed by atoms with Crippen molar-refractivity contribution in [3.05, 3.63) is 23.2 Å². The Morgan fingerprint density at radius 3 is 2.68 bits per heavy atom. The molecule has 0 saturated carbocycles. The second-order valence-corrected chi connectivity index (χ2v) is 4.81. The van der Waals surface area contributed by atoms with Gasteiger partial charge >= 0.3 is 12.1 Å². The first-order valence-corrected chi connectivity index (χ1v) is 6.03. The third-order valence-electron chi connectivity index (χ3n) is 3.27. The molecule has 1 aromatic rings. The number of aromatic nitrogens is 2. The standard InChI is InChI=1S/C11H12ClN3O4/c12-8-5-13-4-7(14-8)11(9(16)17)2-1-3-15(6-11)10(18)19/h4-5H,1-3,6H2,(H,16,17)(H,18,19). The molecular weight excluding hydrogens is 274 g/mol. The van der Waals surface area contributed by atoms with E-state index >= 15 is 0 Å². The molecule has 2 N–H and O–H groups in total. The summed E-state index contributed by atoms with van der Waals surface area (Å²) >= 11 is 5.73. The second-order valence-electron chi connectivity index (χ2n) is 4.42. The van der Waals surface area contributed by atoms with Gasteiger partial charge in [0.25, 0.3) is 0 Å². The number of carboxylic acid groups (broad SMARTS) is 2. The molecule has 19 heavy (non-hydrogen) atoms. The predicted octanol–water partition coefficient (Wildman–Crippen LogP) is 1.23. The van der Waals surface area contributed by atoms with Crippen LogP contribution in [0.25, 0.3) is 0 Å². The molecular formula is C11H12ClN3O4. The number of likely N-dealkylation sites (tertiary alicyclic amines) is 1. The maximum Gasteiger partial charge on any atom is 0.407 e. The third-order valence-corrected chi connectivity index (χ3v) is 3.45. The smallest absolute Gasteiger partial charge is 0.407 e. The van der Waals surface area contributed by atoms with E-state index in [-0.39, 0.29) is 17.4 Å². The summed E-state index contributed by atoms with van der Waals surface area (Å²) in [6, 6.07) is 0. The molecule has 1 aliphatic rings. The lowest BCUT2D eigenvalue weighted by atomic mass is 9.77. The minimum absolute atomic E-state index is 0.0885. The van der Waals surface area contributed by atoms with E-state index in [0.717, 1.165) is 4.90 Å². The van der Waals surface area contributed by atoms with Gasteiger partial charge in [-0.25, -0.2) is 9.78 Å². The summed E-state index contributed by atoms with van der Waals surface area (Å²) in [4.78, 5) is 31.6. The maximum absolute atomic E-state index is 11.6. The fourth-order valence-corrected chi connectivity index (χ4v) is 2.43. The van der Waals surface area contributed by atoms with Gasteiger partial charge in [-0.05, 0) is 12.8 Å². The zero-order valence-electron chi connectivity index (χ0n) is 9.91. The molecule has 1 saturated heterocycles. The van der Waals surface area contributed by atoms with Crippen molar-refractivity contribution in [1.82, 2.24) is 14.9 Å². The van der Waals surface area contributed by atoms with Crippen LogP contribution in [0.4, 0.5) is 4.79 Å². The molecule has 0 spiro atoms. The van der Waals surface area contributed by atoms with Crippen molar-refractivity contribution in [3.8, 4) is 0 Å². The Morgan fingerprint density at radius 1 is 1.37 bits per heavy atom. The van der Waals surface area contributed by atoms with Crippen molar-refractivity contribution < 1.29 is 19.8 Å². The molecule has 2 rings (SSSR count). The Hall–Kier alpha value is -1.89. The lowest BCUT2D eigenvalue weighted by molar-refractivity contribution is -0.146. The Balaban J connectivity index is 2.43. The van der Waals surface area contributed by atoms with Crippen LogP contribution >= 0.6 is 11.6 Å². The van der Waals surface area contributed by atoms with Crippen LogP contribution in [0.15, 0.2) is 12.4 Å². The van der Waals surface area contributed by atoms with Crippen LogP contribution in [0.1, 0.15) is 18.5 Å². The highest BCUT2D eigenvalue weighted by Gasteiger charge is 2.46. The molecule has 0 radical (unpaired) electrons. The first kappa shape index (κ1) is 13.5. The van der Waals surface area contributed by atoms with Crippen molar-refractivity contribution >= 4 is 23.7 Å². The van der Waals surface area contributed by atoms with Gasteiger partial charge in [-0.2, -0.15) is 0 Å². The number of hydrogen-bond acceptors (Lipinski definition) is 4. The van der Waals surface area contributed by atoms with Crippen LogP contribution in [-0.2, 0) is 10.2 Å². The minimum Gasteiger partial charge on any atom is -0.480 e. The zero-order chi connectivity index (χ0) is 14.0. The van der Waals surface area contributed by atoms with Gasteiger partial charge in [-0.1, -0.05) is 11.6 Å². The molecule has 8 heteroatoms. The van der Waals surface area contributed by atoms with E-state index in [1.54, 1.807) is 0 Å². The largest absolute Gasteiger partial charge is 0.480 e. The quantitative estimate of drug-likeness (QED) is 0.847. The van der Waals surface area contributed by atoms with Crippen LogP contribution in [0.5, 0.6) is 0 Å². The number of nitrogens with zero attached hydrogens (tertiary/aromatic N) is 3. The van der Waals surface area contributed by atoms with Crippen LogP contribution in [0.2, 0.25) is 5.15 Å². The topological polar surface area (TPSA) is 104 Å². The zero-order valence-corrected chi connectivity index (χ0v) is 10.7. The molecule has 1 aliphatic heterocycles. The summed E-state index contributed by atoms with van der Waals surface area (Å²) < 4.78 is 0. The number of aliphatic carboxylic acids is 1. The van der Waals surface area contributed by atoms with Crippen LogP contribution in [0, 0.1) is 0 Å². The summed E-state index contributed by atoms with van der Waals surface area (Å²) in [5.41, 5.74) is -1.19. The molecule has 0 bridgehead atoms. The number of halogens is 1. The van der Waals surface area contributed by atoms with Crippen molar-refractivity contribution in [2.24, 2.45) is 0 Å². The second kappa shape index (κ2) is 5.00. The molecule has 1 aromatic heterocycles. The molecule has 1 amide bonds. The molecule has 0 aromatic carbocycles. The Kier molecular flexibility index (Phi) is 3.57. The molecule has 1 atom stereocenters. The van der Waals surface area contributed by atoms with Crippen molar-refractivity contribution in [2.45, 2.75) is 18.3 Å². The molecule has 0 aliphatic carbocycles. The molecule has 102 valence electrons. The fraction of sp³-hybridized carbons (Fsp3) is 0.455. The van der Waals surface area contributed by atoms with Gasteiger partial charge in [-0.3, -0.25) is 9.78 Å². The van der Waals surface area contributed by atoms with Gasteiger partial charge in [-0.15, -0.1) is 0 Å². The highest BCUT2D eigenvalue weighted by atomic mass is 35.5. The van der Waals surface area contributed by atoms with Gasteiger partial charge in [0.1, 0.15) is 10.6 Å². The highest BCUT2D eigenvalue weighted by molar-refractivity contribution is 6.29. The SMILES string of the molecule is O=C(O)N1CCCC(C(=O)O)(c2cncc(Cl)n2)C1. The molecule has 1 fully saturated rings. The number of rotatable bonds is 2. The minimum atomic E-state index is -1.38. The summed E-state index contributed by atoms with van der Waals surface area (Å²) in [6.07, 6.45) is 2.25. The molecule has 7 nitrogen and oxygen atoms in total. The van der Waals surface area contributed by atoms with Crippen molar-refractivity contribution in [3.63, 3.8) is 0 Å². The number of carboxylic acids is 1. The Labute approximate surface area is 113 Å². The van der Waals surface area contributed by atoms with Gasteiger partial charge in [0, 0.05) is 19.3 Å². The first-order chi connectivity index (χ1) is 8.95. The fourth-order valence-electron chi connectivity index (χ4n) is 2.28. The average Bonchev–Trinajstić information content (AvgIpc) is 2.38. The van der Waals surface area contributed by atoms with E-state index in [0.29, 0.717) is 19.4 Å². The van der Waals surface area contributed by atoms with Crippen LogP contribution < -0.4 is 0 Å². The highest BCUT2D eigenvalue weighted by Crippen LogP contribution is 2.33. The summed E-state index contributed by atoms with van der Waals surface area (Å²) in [5.74, 6) is -1.12. The van der Waals surface area contributed by atoms with Gasteiger partial charge in [0.2, 0.25) is 0 Å². The maximum atomic E-state index is 11.6. The lowest BCUT2D eigenvalue weighted by Crippen LogP contribution is -2.52. The van der Waals surface area contributed by atoms with Gasteiger partial charge in [0.15, 0.2) is 0 Å². The lowest BCUT2D eigenvalue weighted by Gasteiger charge is -2.37. The number of amides is 1. The van der Waals surface area contributed by atoms with E-state index in [1.165, 1.54) is 12.4 Å². The van der Waals surface area contributed by atoms with Crippen LogP contribution in [-0.4, -0.2) is 50.2 Å². The van der Waals surface area contributed by atoms with E-state index in [1.807, 2.05) is 0 Å². The number of piperidine rings is 1. The summed E-state index contributed by atoms with van der Waals surface area (Å²) in [7, 11) is 0. The Bertz CT molecular complexity index is 524. The van der Waals surface area contributed by atoms with Crippen molar-refractivity contribution in [2.75, 3.05) is 13.1 Å². The first-order valence-electron chi connectivity index (χ1n) is 5.65. The van der Waals surface area contributed by atoms with E-state index in [2.05, 4.69) is 9.97 Å². The molecule has 1 unspecified atom stereocenters. The number of carbonyl (C=O) groups is 2. The monoisotopic (exact) mass is 285 g/mol. The van der Waals surface area contributed by atoms with E-state index in [4.69, 9.17) is 16.7 Å². The average molecular weight is 286 g/mol. The summed E-state index contributed by atoms with van der Waals surface area (Å²) in [5, 5.41) is 18.6. The Morgan fingerprint density at radius 2 is 2.11 bits per heavy atom. The predicted molar refractivity (Wildman–Crippen MR) is 65.2 cm³/mol.